The molecule has 5 heterocycles. The molecule has 37 heavy (non-hydrogen) atoms. The topological polar surface area (TPSA) is 194 Å². The maximum absolute atomic E-state index is 13.0. The minimum Gasteiger partial charge on any atom is -0.477 e. The van der Waals surface area contributed by atoms with Gasteiger partial charge in [0.1, 0.15) is 36.1 Å². The molecule has 3 aromatic rings. The van der Waals surface area contributed by atoms with E-state index >= 15 is 0 Å². The predicted molar refractivity (Wildman–Crippen MR) is 130 cm³/mol. The number of hydrogen-bond donors (Lipinski definition) is 4. The summed E-state index contributed by atoms with van der Waals surface area (Å²) in [6.07, 6.45) is 3.54. The van der Waals surface area contributed by atoms with Gasteiger partial charge in [-0.05, 0) is 6.07 Å². The van der Waals surface area contributed by atoms with E-state index in [0.717, 1.165) is 22.1 Å². The lowest BCUT2D eigenvalue weighted by molar-refractivity contribution is -0.662. The lowest BCUT2D eigenvalue weighted by Gasteiger charge is -2.49. The molecule has 192 valence electrons. The van der Waals surface area contributed by atoms with E-state index in [0.29, 0.717) is 17.1 Å². The fraction of sp³-hybridized carbons (Fsp3) is 0.250. The van der Waals surface area contributed by atoms with Crippen LogP contribution in [0.25, 0.3) is 5.65 Å². The third-order valence-electron chi connectivity index (χ3n) is 5.70. The Labute approximate surface area is 215 Å². The number of anilines is 2. The number of alkyl halides is 1. The number of β-lactam (4-membered cyclic amide) rings is 1. The number of carboxylic acids is 1. The highest BCUT2D eigenvalue weighted by atomic mass is 32.2. The van der Waals surface area contributed by atoms with Gasteiger partial charge in [-0.1, -0.05) is 5.16 Å². The van der Waals surface area contributed by atoms with E-state index in [1.54, 1.807) is 28.9 Å². The number of oxime groups is 1. The highest BCUT2D eigenvalue weighted by Gasteiger charge is 2.54. The number of rotatable bonds is 8. The van der Waals surface area contributed by atoms with Gasteiger partial charge in [0.25, 0.3) is 24.3 Å². The standard InChI is InChI=1S/C20H18FN9O5S2/c21-8-35-26-12(15-25-20(23)37-27-15)16(31)24-13-17(32)30-14(19(33)34)9(7-36-18(13)30)6-28-4-5-29-10(22)2-1-3-11(28)29/h1-5,13,18,22H,6-8H2,(H4,23,24,25,27,31,33,34)/p+1/b26-12+/t13-,18-/m1/s1. The number of aromatic nitrogens is 4. The second-order valence-corrected chi connectivity index (χ2v) is 9.75. The monoisotopic (exact) mass is 548 g/mol. The molecule has 1 saturated heterocycles. The Morgan fingerprint density at radius 2 is 2.19 bits per heavy atom. The van der Waals surface area contributed by atoms with E-state index in [-0.39, 0.29) is 23.2 Å². The summed E-state index contributed by atoms with van der Waals surface area (Å²) in [5.41, 5.74) is 12.2. The smallest absolute Gasteiger partial charge is 0.352 e. The summed E-state index contributed by atoms with van der Waals surface area (Å²) in [6.45, 7) is -1.08. The van der Waals surface area contributed by atoms with Crippen molar-refractivity contribution in [1.82, 2.24) is 24.0 Å². The van der Waals surface area contributed by atoms with Gasteiger partial charge in [0.2, 0.25) is 11.5 Å². The first kappa shape index (κ1) is 24.4. The van der Waals surface area contributed by atoms with Crippen molar-refractivity contribution in [2.75, 3.05) is 24.1 Å². The maximum Gasteiger partial charge on any atom is 0.352 e. The van der Waals surface area contributed by atoms with Crippen LogP contribution < -0.4 is 21.4 Å². The molecule has 14 nitrogen and oxygen atoms in total. The number of carbonyl (C=O) groups excluding carboxylic acids is 2. The zero-order valence-corrected chi connectivity index (χ0v) is 20.4. The van der Waals surface area contributed by atoms with Crippen molar-refractivity contribution >= 4 is 63.4 Å². The lowest BCUT2D eigenvalue weighted by Crippen LogP contribution is -2.71. The van der Waals surface area contributed by atoms with Crippen LogP contribution >= 0.6 is 23.3 Å². The molecule has 3 aromatic heterocycles. The summed E-state index contributed by atoms with van der Waals surface area (Å²) < 4.78 is 20.0. The molecule has 6 N–H and O–H groups in total. The number of nitrogens with zero attached hydrogens (tertiary/aromatic N) is 6. The molecular formula is C20H19FN9O5S2+. The predicted octanol–water partition coefficient (Wildman–Crippen LogP) is -0.671. The Morgan fingerprint density at radius 1 is 1.38 bits per heavy atom. The van der Waals surface area contributed by atoms with Crippen molar-refractivity contribution in [1.29, 1.82) is 0 Å². The molecule has 1 fully saturated rings. The van der Waals surface area contributed by atoms with Crippen LogP contribution in [0.15, 0.2) is 47.0 Å². The van der Waals surface area contributed by atoms with Gasteiger partial charge in [-0.3, -0.25) is 14.5 Å². The Hall–Kier alpha value is -4.25. The van der Waals surface area contributed by atoms with Crippen LogP contribution in [-0.4, -0.2) is 71.3 Å². The summed E-state index contributed by atoms with van der Waals surface area (Å²) in [5, 5.41) is 15.2. The van der Waals surface area contributed by atoms with Crippen LogP contribution in [0.1, 0.15) is 5.82 Å². The van der Waals surface area contributed by atoms with Gasteiger partial charge in [0, 0.05) is 35.0 Å². The van der Waals surface area contributed by atoms with Gasteiger partial charge in [0.05, 0.1) is 0 Å². The first-order valence-corrected chi connectivity index (χ1v) is 12.4. The molecule has 2 aliphatic rings. The molecule has 0 unspecified atom stereocenters. The zero-order valence-electron chi connectivity index (χ0n) is 18.8. The fourth-order valence-electron chi connectivity index (χ4n) is 4.10. The van der Waals surface area contributed by atoms with E-state index in [9.17, 15) is 23.9 Å². The van der Waals surface area contributed by atoms with Gasteiger partial charge in [-0.15, -0.1) is 11.8 Å². The summed E-state index contributed by atoms with van der Waals surface area (Å²) in [7, 11) is 0. The second kappa shape index (κ2) is 9.66. The summed E-state index contributed by atoms with van der Waals surface area (Å²) in [5.74, 6) is -2.15. The number of imidazole rings is 1. The number of amides is 2. The number of carbonyl (C=O) groups is 3. The number of pyridine rings is 1. The second-order valence-electron chi connectivity index (χ2n) is 7.86. The number of thioether (sulfide) groups is 1. The molecule has 0 aliphatic carbocycles. The van der Waals surface area contributed by atoms with Crippen molar-refractivity contribution < 1.29 is 33.3 Å². The Morgan fingerprint density at radius 3 is 2.89 bits per heavy atom. The number of halogens is 1. The number of nitrogens with one attached hydrogen (secondary N) is 1. The summed E-state index contributed by atoms with van der Waals surface area (Å²) >= 11 is 2.09. The van der Waals surface area contributed by atoms with Crippen LogP contribution in [0.5, 0.6) is 0 Å². The third-order valence-corrected chi connectivity index (χ3v) is 7.58. The van der Waals surface area contributed by atoms with Gasteiger partial charge < -0.3 is 26.7 Å². The fourth-order valence-corrected chi connectivity index (χ4v) is 5.87. The molecule has 0 radical (unpaired) electrons. The van der Waals surface area contributed by atoms with Crippen molar-refractivity contribution in [2.24, 2.45) is 5.16 Å². The average Bonchev–Trinajstić information content (AvgIpc) is 3.49. The quantitative estimate of drug-likeness (QED) is 0.121. The van der Waals surface area contributed by atoms with E-state index in [1.807, 2.05) is 10.6 Å². The van der Waals surface area contributed by atoms with Crippen LogP contribution in [0, 0.1) is 0 Å². The Bertz CT molecular complexity index is 1490. The maximum atomic E-state index is 13.0. The van der Waals surface area contributed by atoms with Gasteiger partial charge in [-0.25, -0.2) is 13.8 Å². The van der Waals surface area contributed by atoms with Crippen LogP contribution in [0.3, 0.4) is 0 Å². The third kappa shape index (κ3) is 4.31. The van der Waals surface area contributed by atoms with Crippen molar-refractivity contribution in [3.8, 4) is 0 Å². The molecular weight excluding hydrogens is 529 g/mol. The molecule has 17 heteroatoms. The highest BCUT2D eigenvalue weighted by molar-refractivity contribution is 8.00. The molecule has 0 saturated carbocycles. The zero-order chi connectivity index (χ0) is 26.3. The number of fused-ring (bicyclic) bond motifs is 2. The van der Waals surface area contributed by atoms with Crippen molar-refractivity contribution in [3.63, 3.8) is 0 Å². The number of nitrogen functional groups attached to an aromatic ring is 2. The number of nitrogens with two attached hydrogens (primary N) is 2. The SMILES string of the molecule is Nc1nc(/C(=N\OCF)C(=O)N[C@@H]2C(=O)N3C(C(=O)O)=C(C[n+]4ccn5c(N)cccc54)CS[C@H]23)ns1. The number of carboxylic acid groups (broad SMARTS) is 1. The molecule has 0 spiro atoms. The Balaban J connectivity index is 1.37. The number of aliphatic carboxylic acids is 1. The van der Waals surface area contributed by atoms with Gasteiger partial charge >= 0.3 is 5.97 Å². The average molecular weight is 549 g/mol. The minimum absolute atomic E-state index is 0.0461. The van der Waals surface area contributed by atoms with Crippen molar-refractivity contribution in [2.45, 2.75) is 18.0 Å². The number of hydrogen-bond acceptors (Lipinski definition) is 11. The van der Waals surface area contributed by atoms with Gasteiger partial charge in [0.15, 0.2) is 10.9 Å². The summed E-state index contributed by atoms with van der Waals surface area (Å²) in [4.78, 5) is 47.4. The first-order valence-electron chi connectivity index (χ1n) is 10.6. The highest BCUT2D eigenvalue weighted by Crippen LogP contribution is 2.40. The van der Waals surface area contributed by atoms with Crippen LogP contribution in [0.4, 0.5) is 15.3 Å². The molecule has 5 rings (SSSR count). The molecule has 2 atom stereocenters. The molecule has 2 amide bonds. The first-order chi connectivity index (χ1) is 17.8. The minimum atomic E-state index is -1.30. The largest absolute Gasteiger partial charge is 0.477 e. The van der Waals surface area contributed by atoms with E-state index < -0.39 is 41.8 Å². The van der Waals surface area contributed by atoms with Crippen LogP contribution in [0.2, 0.25) is 0 Å². The molecule has 2 aliphatic heterocycles. The van der Waals surface area contributed by atoms with Crippen LogP contribution in [-0.2, 0) is 25.8 Å². The van der Waals surface area contributed by atoms with Gasteiger partial charge in [-0.2, -0.15) is 13.8 Å². The molecule has 0 bridgehead atoms. The van der Waals surface area contributed by atoms with E-state index in [1.165, 1.54) is 11.8 Å². The lowest BCUT2D eigenvalue weighted by atomic mass is 10.0. The van der Waals surface area contributed by atoms with Crippen molar-refractivity contribution in [3.05, 3.63) is 47.7 Å². The normalized spacial score (nSPS) is 19.5. The molecule has 0 aromatic carbocycles. The van der Waals surface area contributed by atoms with E-state index in [2.05, 4.69) is 24.7 Å². The summed E-state index contributed by atoms with van der Waals surface area (Å²) in [6, 6.07) is 4.32. The van der Waals surface area contributed by atoms with E-state index in [4.69, 9.17) is 11.5 Å². The Kier molecular flexibility index (Phi) is 6.38.